The normalized spacial score (nSPS) is 11.7. The minimum Gasteiger partial charge on any atom is -0.375 e. The number of hydrogen-bond donors (Lipinski definition) is 2. The average Bonchev–Trinajstić information content (AvgIpc) is 2.37. The van der Waals surface area contributed by atoms with Crippen molar-refractivity contribution in [1.29, 1.82) is 0 Å². The molecule has 4 nitrogen and oxygen atoms in total. The van der Waals surface area contributed by atoms with Gasteiger partial charge in [-0.3, -0.25) is 0 Å². The highest BCUT2D eigenvalue weighted by molar-refractivity contribution is 6.30. The summed E-state index contributed by atoms with van der Waals surface area (Å²) in [6, 6.07) is 7.12. The fraction of sp³-hybridized carbons (Fsp3) is 0.308. The molecule has 18 heavy (non-hydrogen) atoms. The van der Waals surface area contributed by atoms with Crippen molar-refractivity contribution < 1.29 is 9.53 Å². The lowest BCUT2D eigenvalue weighted by atomic mass is 10.1. The van der Waals surface area contributed by atoms with Crippen molar-refractivity contribution in [3.8, 4) is 0 Å². The molecule has 1 atom stereocenters. The SMILES string of the molecule is C=CCNC(=O)NCC(OC)c1cccc(Cl)c1. The van der Waals surface area contributed by atoms with Crippen molar-refractivity contribution >= 4 is 17.6 Å². The summed E-state index contributed by atoms with van der Waals surface area (Å²) in [5.74, 6) is 0. The van der Waals surface area contributed by atoms with Crippen LogP contribution in [0.1, 0.15) is 11.7 Å². The number of halogens is 1. The van der Waals surface area contributed by atoms with Gasteiger partial charge in [0.25, 0.3) is 0 Å². The van der Waals surface area contributed by atoms with Crippen LogP contribution in [0.25, 0.3) is 0 Å². The van der Waals surface area contributed by atoms with Gasteiger partial charge < -0.3 is 15.4 Å². The fourth-order valence-corrected chi connectivity index (χ4v) is 1.66. The van der Waals surface area contributed by atoms with Crippen LogP contribution in [0.4, 0.5) is 4.79 Å². The largest absolute Gasteiger partial charge is 0.375 e. The molecule has 0 saturated heterocycles. The second-order valence-corrected chi connectivity index (χ2v) is 4.10. The minimum absolute atomic E-state index is 0.224. The lowest BCUT2D eigenvalue weighted by Crippen LogP contribution is -2.38. The van der Waals surface area contributed by atoms with E-state index in [0.29, 0.717) is 18.1 Å². The van der Waals surface area contributed by atoms with E-state index in [2.05, 4.69) is 17.2 Å². The number of ether oxygens (including phenoxy) is 1. The third kappa shape index (κ3) is 4.77. The van der Waals surface area contributed by atoms with Gasteiger partial charge in [-0.25, -0.2) is 4.79 Å². The maximum atomic E-state index is 11.4. The van der Waals surface area contributed by atoms with Crippen molar-refractivity contribution in [1.82, 2.24) is 10.6 Å². The number of benzene rings is 1. The summed E-state index contributed by atoms with van der Waals surface area (Å²) in [6.07, 6.45) is 1.39. The summed E-state index contributed by atoms with van der Waals surface area (Å²) in [5.41, 5.74) is 0.925. The number of nitrogens with one attached hydrogen (secondary N) is 2. The van der Waals surface area contributed by atoms with Gasteiger partial charge in [0.1, 0.15) is 0 Å². The van der Waals surface area contributed by atoms with E-state index in [-0.39, 0.29) is 12.1 Å². The molecule has 0 aliphatic rings. The molecule has 0 aromatic heterocycles. The Bertz CT molecular complexity index is 410. The van der Waals surface area contributed by atoms with E-state index in [9.17, 15) is 4.79 Å². The van der Waals surface area contributed by atoms with Crippen LogP contribution < -0.4 is 10.6 Å². The Kier molecular flexibility index (Phi) is 6.25. The fourth-order valence-electron chi connectivity index (χ4n) is 1.46. The summed E-state index contributed by atoms with van der Waals surface area (Å²) in [4.78, 5) is 11.4. The second-order valence-electron chi connectivity index (χ2n) is 3.66. The molecule has 1 aromatic rings. The van der Waals surface area contributed by atoms with Crippen molar-refractivity contribution in [2.75, 3.05) is 20.2 Å². The lowest BCUT2D eigenvalue weighted by molar-refractivity contribution is 0.104. The summed E-state index contributed by atoms with van der Waals surface area (Å²) in [6.45, 7) is 4.33. The van der Waals surface area contributed by atoms with Gasteiger partial charge in [-0.15, -0.1) is 6.58 Å². The van der Waals surface area contributed by atoms with Crippen LogP contribution in [0.3, 0.4) is 0 Å². The predicted molar refractivity (Wildman–Crippen MR) is 72.8 cm³/mol. The van der Waals surface area contributed by atoms with E-state index < -0.39 is 0 Å². The van der Waals surface area contributed by atoms with Crippen LogP contribution in [0.15, 0.2) is 36.9 Å². The highest BCUT2D eigenvalue weighted by Gasteiger charge is 2.11. The molecule has 2 amide bonds. The Labute approximate surface area is 112 Å². The quantitative estimate of drug-likeness (QED) is 0.779. The first-order chi connectivity index (χ1) is 8.67. The zero-order valence-electron chi connectivity index (χ0n) is 10.3. The number of methoxy groups -OCH3 is 1. The Morgan fingerprint density at radius 1 is 1.56 bits per heavy atom. The maximum absolute atomic E-state index is 11.4. The third-order valence-electron chi connectivity index (χ3n) is 2.36. The topological polar surface area (TPSA) is 50.4 Å². The van der Waals surface area contributed by atoms with E-state index in [0.717, 1.165) is 5.56 Å². The van der Waals surface area contributed by atoms with Crippen molar-refractivity contribution in [3.63, 3.8) is 0 Å². The van der Waals surface area contributed by atoms with E-state index >= 15 is 0 Å². The van der Waals surface area contributed by atoms with E-state index in [1.807, 2.05) is 18.2 Å². The highest BCUT2D eigenvalue weighted by Crippen LogP contribution is 2.19. The molecular weight excluding hydrogens is 252 g/mol. The van der Waals surface area contributed by atoms with E-state index in [1.165, 1.54) is 0 Å². The van der Waals surface area contributed by atoms with Crippen molar-refractivity contribution in [2.24, 2.45) is 0 Å². The maximum Gasteiger partial charge on any atom is 0.315 e. The first-order valence-corrected chi connectivity index (χ1v) is 5.96. The van der Waals surface area contributed by atoms with Gasteiger partial charge >= 0.3 is 6.03 Å². The van der Waals surface area contributed by atoms with Crippen LogP contribution in [-0.2, 0) is 4.74 Å². The van der Waals surface area contributed by atoms with Crippen molar-refractivity contribution in [2.45, 2.75) is 6.10 Å². The first-order valence-electron chi connectivity index (χ1n) is 5.58. The predicted octanol–water partition coefficient (Wildman–Crippen LogP) is 2.51. The zero-order chi connectivity index (χ0) is 13.4. The number of urea groups is 1. The van der Waals surface area contributed by atoms with Crippen LogP contribution >= 0.6 is 11.6 Å². The molecule has 0 radical (unpaired) electrons. The van der Waals surface area contributed by atoms with Gasteiger partial charge in [-0.2, -0.15) is 0 Å². The summed E-state index contributed by atoms with van der Waals surface area (Å²) in [7, 11) is 1.59. The summed E-state index contributed by atoms with van der Waals surface area (Å²) >= 11 is 5.91. The highest BCUT2D eigenvalue weighted by atomic mass is 35.5. The van der Waals surface area contributed by atoms with Crippen molar-refractivity contribution in [3.05, 3.63) is 47.5 Å². The molecule has 1 rings (SSSR count). The number of hydrogen-bond acceptors (Lipinski definition) is 2. The molecule has 0 aliphatic carbocycles. The molecular formula is C13H17ClN2O2. The molecule has 0 bridgehead atoms. The molecule has 0 spiro atoms. The molecule has 0 aliphatic heterocycles. The van der Waals surface area contributed by atoms with Gasteiger partial charge in [-0.1, -0.05) is 29.8 Å². The van der Waals surface area contributed by atoms with Gasteiger partial charge in [0.15, 0.2) is 0 Å². The van der Waals surface area contributed by atoms with Gasteiger partial charge in [0.05, 0.1) is 6.10 Å². The molecule has 1 aromatic carbocycles. The van der Waals surface area contributed by atoms with E-state index in [4.69, 9.17) is 16.3 Å². The molecule has 0 heterocycles. The molecule has 2 N–H and O–H groups in total. The number of carbonyl (C=O) groups is 1. The van der Waals surface area contributed by atoms with Crippen LogP contribution in [0.5, 0.6) is 0 Å². The Balaban J connectivity index is 2.52. The number of amides is 2. The third-order valence-corrected chi connectivity index (χ3v) is 2.60. The Morgan fingerprint density at radius 2 is 2.33 bits per heavy atom. The molecule has 1 unspecified atom stereocenters. The minimum atomic E-state index is -0.251. The van der Waals surface area contributed by atoms with E-state index in [1.54, 1.807) is 19.3 Å². The smallest absolute Gasteiger partial charge is 0.315 e. The standard InChI is InChI=1S/C13H17ClN2O2/c1-3-7-15-13(17)16-9-12(18-2)10-5-4-6-11(14)8-10/h3-6,8,12H,1,7,9H2,2H3,(H2,15,16,17). The second kappa shape index (κ2) is 7.74. The Morgan fingerprint density at radius 3 is 2.94 bits per heavy atom. The first kappa shape index (κ1) is 14.5. The number of carbonyl (C=O) groups excluding carboxylic acids is 1. The zero-order valence-corrected chi connectivity index (χ0v) is 11.0. The summed E-state index contributed by atoms with van der Waals surface area (Å²) in [5, 5.41) is 5.99. The molecule has 98 valence electrons. The lowest BCUT2D eigenvalue weighted by Gasteiger charge is -2.16. The monoisotopic (exact) mass is 268 g/mol. The average molecular weight is 269 g/mol. The number of rotatable bonds is 6. The van der Waals surface area contributed by atoms with Crippen LogP contribution in [0.2, 0.25) is 5.02 Å². The Hall–Kier alpha value is -1.52. The molecule has 0 fully saturated rings. The molecule has 0 saturated carbocycles. The molecule has 5 heteroatoms. The van der Waals surface area contributed by atoms with Gasteiger partial charge in [0.2, 0.25) is 0 Å². The van der Waals surface area contributed by atoms with Gasteiger partial charge in [0, 0.05) is 25.2 Å². The van der Waals surface area contributed by atoms with Gasteiger partial charge in [-0.05, 0) is 17.7 Å². The summed E-state index contributed by atoms with van der Waals surface area (Å²) < 4.78 is 5.32. The van der Waals surface area contributed by atoms with Crippen LogP contribution in [0, 0.1) is 0 Å². The van der Waals surface area contributed by atoms with Crippen LogP contribution in [-0.4, -0.2) is 26.2 Å².